The van der Waals surface area contributed by atoms with E-state index in [4.69, 9.17) is 41.7 Å². The number of hydrogen-bond acceptors (Lipinski definition) is 9. The van der Waals surface area contributed by atoms with E-state index in [0.29, 0.717) is 64.8 Å². The van der Waals surface area contributed by atoms with E-state index in [1.165, 1.54) is 0 Å². The van der Waals surface area contributed by atoms with Gasteiger partial charge < -0.3 is 41.7 Å². The Morgan fingerprint density at radius 2 is 1.07 bits per heavy atom. The summed E-state index contributed by atoms with van der Waals surface area (Å²) in [6, 6.07) is 0. The highest BCUT2D eigenvalue weighted by Crippen LogP contribution is 2.10. The minimum atomic E-state index is -2.51. The van der Waals surface area contributed by atoms with Gasteiger partial charge in [-0.1, -0.05) is 6.58 Å². The number of rotatable bonds is 19. The molecule has 9 nitrogen and oxygen atoms in total. The van der Waals surface area contributed by atoms with Crippen LogP contribution >= 0.6 is 0 Å². The number of ether oxygens (including phenoxy) is 6. The van der Waals surface area contributed by atoms with Crippen molar-refractivity contribution in [3.05, 3.63) is 23.6 Å². The third kappa shape index (κ3) is 16.8. The van der Waals surface area contributed by atoms with Crippen LogP contribution in [-0.4, -0.2) is 99.8 Å². The van der Waals surface area contributed by atoms with Crippen molar-refractivity contribution in [1.29, 1.82) is 0 Å². The van der Waals surface area contributed by atoms with Gasteiger partial charge in [-0.25, -0.2) is 0 Å². The lowest BCUT2D eigenvalue weighted by Gasteiger charge is -2.24. The van der Waals surface area contributed by atoms with Gasteiger partial charge in [-0.05, 0) is 26.5 Å². The summed E-state index contributed by atoms with van der Waals surface area (Å²) in [5.41, 5.74) is 1.67. The lowest BCUT2D eigenvalue weighted by Crippen LogP contribution is -2.44. The van der Waals surface area contributed by atoms with Gasteiger partial charge in [0.25, 0.3) is 0 Å². The number of hydrogen-bond donors (Lipinski definition) is 0. The van der Waals surface area contributed by atoms with Crippen LogP contribution in [0.4, 0.5) is 0 Å². The smallest absolute Gasteiger partial charge is 0.494 e. The molecule has 0 rings (SSSR count). The van der Waals surface area contributed by atoms with Gasteiger partial charge in [0.05, 0.1) is 19.8 Å². The minimum absolute atomic E-state index is 0.275. The molecular weight excluding hydrogens is 428 g/mol. The van der Waals surface area contributed by atoms with Crippen molar-refractivity contribution < 1.29 is 41.7 Å². The Hall–Kier alpha value is -0.926. The molecule has 0 aromatic heterocycles. The Morgan fingerprint density at radius 3 is 1.37 bits per heavy atom. The first kappa shape index (κ1) is 31.3. The zero-order valence-electron chi connectivity index (χ0n) is 19.3. The molecule has 177 valence electrons. The monoisotopic (exact) mass is 467 g/mol. The van der Waals surface area contributed by atoms with Crippen molar-refractivity contribution in [1.82, 2.24) is 0 Å². The van der Waals surface area contributed by atoms with Gasteiger partial charge in [0.15, 0.2) is 0 Å². The van der Waals surface area contributed by atoms with Crippen LogP contribution in [0, 0.1) is 0 Å². The van der Waals surface area contributed by atoms with Crippen molar-refractivity contribution in [2.24, 2.45) is 0 Å². The summed E-state index contributed by atoms with van der Waals surface area (Å²) in [6.07, 6.45) is 0. The van der Waals surface area contributed by atoms with E-state index >= 15 is 0 Å². The van der Waals surface area contributed by atoms with Crippen LogP contribution in [0.5, 0.6) is 0 Å². The fourth-order valence-electron chi connectivity index (χ4n) is 1.80. The molecule has 0 spiro atoms. The fourth-order valence-corrected chi connectivity index (χ4v) is 3.86. The molecule has 0 fully saturated rings. The zero-order chi connectivity index (χ0) is 23.1. The van der Waals surface area contributed by atoms with Gasteiger partial charge in [-0.2, -0.15) is 0 Å². The average Bonchev–Trinajstić information content (AvgIpc) is 2.74. The van der Waals surface area contributed by atoms with Crippen molar-refractivity contribution >= 4 is 19.0 Å². The van der Waals surface area contributed by atoms with Gasteiger partial charge in [0, 0.05) is 41.2 Å². The van der Waals surface area contributed by atoms with Crippen LogP contribution < -0.4 is 0 Å². The van der Waals surface area contributed by atoms with Crippen LogP contribution in [0.1, 0.15) is 20.8 Å². The Morgan fingerprint density at radius 1 is 0.700 bits per heavy atom. The zero-order valence-corrected chi connectivity index (χ0v) is 21.3. The molecule has 0 saturated heterocycles. The lowest BCUT2D eigenvalue weighted by atomic mass is 10.7. The van der Waals surface area contributed by atoms with E-state index in [2.05, 4.69) is 16.8 Å². The summed E-state index contributed by atoms with van der Waals surface area (Å²) in [6.45, 7) is 13.8. The molecule has 0 aliphatic heterocycles. The van der Waals surface area contributed by atoms with Crippen molar-refractivity contribution in [2.75, 3.05) is 80.8 Å². The van der Waals surface area contributed by atoms with Crippen LogP contribution in [-0.2, 0) is 41.7 Å². The topological polar surface area (TPSA) is 83.1 Å². The molecule has 0 aliphatic rings. The molecule has 0 heterocycles. The molecule has 0 bridgehead atoms. The van der Waals surface area contributed by atoms with Gasteiger partial charge >= 0.3 is 14.7 Å². The molecule has 0 saturated carbocycles. The molecule has 0 aromatic carbocycles. The quantitative estimate of drug-likeness (QED) is 0.161. The van der Waals surface area contributed by atoms with Crippen molar-refractivity contribution in [3.8, 4) is 0 Å². The Labute approximate surface area is 186 Å². The van der Waals surface area contributed by atoms with Crippen LogP contribution in [0.25, 0.3) is 0 Å². The molecule has 0 atom stereocenters. The fraction of sp³-hybridized carbons (Fsp3) is 0.789. The number of methoxy groups -OCH3 is 3. The summed E-state index contributed by atoms with van der Waals surface area (Å²) in [4.78, 5) is 0. The molecular formula is C19H39O9Si2. The third-order valence-corrected chi connectivity index (χ3v) is 5.97. The SMILES string of the molecule is C=C[Si](OCC)(OCC)OCC.COCCOC([Si])=C(OCCOC)OCCOC. The summed E-state index contributed by atoms with van der Waals surface area (Å²) in [5, 5.41) is 0.388. The second-order valence-electron chi connectivity index (χ2n) is 5.25. The molecule has 0 aromatic rings. The Balaban J connectivity index is 0. The van der Waals surface area contributed by atoms with E-state index in [-0.39, 0.29) is 5.95 Å². The van der Waals surface area contributed by atoms with Crippen LogP contribution in [0.3, 0.4) is 0 Å². The Kier molecular flexibility index (Phi) is 23.7. The van der Waals surface area contributed by atoms with Gasteiger partial charge in [-0.3, -0.25) is 0 Å². The lowest BCUT2D eigenvalue weighted by molar-refractivity contribution is -0.0156. The van der Waals surface area contributed by atoms with E-state index < -0.39 is 8.80 Å². The predicted octanol–water partition coefficient (Wildman–Crippen LogP) is 2.03. The molecule has 11 heteroatoms. The van der Waals surface area contributed by atoms with Gasteiger partial charge in [-0.15, -0.1) is 0 Å². The molecule has 3 radical (unpaired) electrons. The first-order valence-electron chi connectivity index (χ1n) is 9.87. The summed E-state index contributed by atoms with van der Waals surface area (Å²) in [5.74, 6) is 0.275. The standard InChI is InChI=1S/C11H21O6Si.C8H18O3Si/c1-12-4-7-15-10(16-8-5-13-2)11(18)17-9-6-14-3;1-5-9-12(8-4,10-6-2)11-7-3/h4-9H2,1-3H3;8H,4-7H2,1-3H3. The van der Waals surface area contributed by atoms with Gasteiger partial charge in [0.2, 0.25) is 0 Å². The maximum absolute atomic E-state index is 5.44. The molecule has 0 aliphatic carbocycles. The molecule has 30 heavy (non-hydrogen) atoms. The van der Waals surface area contributed by atoms with Crippen LogP contribution in [0.15, 0.2) is 23.6 Å². The molecule has 0 amide bonds. The summed E-state index contributed by atoms with van der Waals surface area (Å²) < 4.78 is 47.1. The van der Waals surface area contributed by atoms with E-state index in [1.54, 1.807) is 27.0 Å². The highest BCUT2D eigenvalue weighted by atomic mass is 28.4. The largest absolute Gasteiger partial charge is 0.528 e. The van der Waals surface area contributed by atoms with E-state index in [0.717, 1.165) is 0 Å². The summed E-state index contributed by atoms with van der Waals surface area (Å²) >= 11 is 0. The third-order valence-electron chi connectivity index (χ3n) is 3.05. The second kappa shape index (κ2) is 22.8. The van der Waals surface area contributed by atoms with E-state index in [1.807, 2.05) is 20.8 Å². The minimum Gasteiger partial charge on any atom is -0.494 e. The second-order valence-corrected chi connectivity index (χ2v) is 8.18. The summed E-state index contributed by atoms with van der Waals surface area (Å²) in [7, 11) is 5.60. The normalized spacial score (nSPS) is 10.6. The maximum Gasteiger partial charge on any atom is 0.528 e. The predicted molar refractivity (Wildman–Crippen MR) is 117 cm³/mol. The van der Waals surface area contributed by atoms with Gasteiger partial charge in [0.1, 0.15) is 35.4 Å². The van der Waals surface area contributed by atoms with Crippen molar-refractivity contribution in [3.63, 3.8) is 0 Å². The molecule has 0 N–H and O–H groups in total. The maximum atomic E-state index is 5.44. The first-order chi connectivity index (χ1) is 14.5. The highest BCUT2D eigenvalue weighted by molar-refractivity contribution is 6.66. The Bertz CT molecular complexity index is 394. The first-order valence-corrected chi connectivity index (χ1v) is 12.2. The van der Waals surface area contributed by atoms with Crippen molar-refractivity contribution in [2.45, 2.75) is 20.8 Å². The molecule has 0 unspecified atom stereocenters. The van der Waals surface area contributed by atoms with Crippen LogP contribution in [0.2, 0.25) is 0 Å². The van der Waals surface area contributed by atoms with E-state index in [9.17, 15) is 0 Å². The highest BCUT2D eigenvalue weighted by Gasteiger charge is 2.36. The average molecular weight is 468 g/mol.